The number of hydrazine groups is 1. The summed E-state index contributed by atoms with van der Waals surface area (Å²) in [6.45, 7) is 3.81. The highest BCUT2D eigenvalue weighted by molar-refractivity contribution is 5.34. The number of halogens is 1. The summed E-state index contributed by atoms with van der Waals surface area (Å²) in [5, 5.41) is 0. The first-order valence-corrected chi connectivity index (χ1v) is 6.73. The molecule has 106 valence electrons. The molecule has 3 nitrogen and oxygen atoms in total. The van der Waals surface area contributed by atoms with Crippen LogP contribution in [0.3, 0.4) is 0 Å². The number of nitrogens with one attached hydrogen (secondary N) is 1. The van der Waals surface area contributed by atoms with Crippen LogP contribution in [0.5, 0.6) is 0 Å². The molecule has 0 amide bonds. The Morgan fingerprint density at radius 3 is 2.55 bits per heavy atom. The molecule has 1 unspecified atom stereocenters. The highest BCUT2D eigenvalue weighted by atomic mass is 19.1. The second-order valence-electron chi connectivity index (χ2n) is 5.09. The van der Waals surface area contributed by atoms with E-state index in [1.807, 2.05) is 32.0 Å². The molecule has 0 aliphatic rings. The van der Waals surface area contributed by atoms with Gasteiger partial charge in [0.05, 0.1) is 0 Å². The Morgan fingerprint density at radius 1 is 1.25 bits per heavy atom. The van der Waals surface area contributed by atoms with E-state index in [0.29, 0.717) is 5.56 Å². The molecule has 1 heterocycles. The molecule has 0 fully saturated rings. The molecule has 3 N–H and O–H groups in total. The minimum atomic E-state index is -0.194. The maximum atomic E-state index is 14.2. The van der Waals surface area contributed by atoms with Gasteiger partial charge in [0.1, 0.15) is 5.82 Å². The molecule has 0 saturated heterocycles. The van der Waals surface area contributed by atoms with Crippen molar-refractivity contribution in [2.24, 2.45) is 5.84 Å². The number of rotatable bonds is 5. The maximum absolute atomic E-state index is 14.2. The van der Waals surface area contributed by atoms with Crippen molar-refractivity contribution in [2.45, 2.75) is 32.7 Å². The molecule has 1 aromatic heterocycles. The van der Waals surface area contributed by atoms with Crippen molar-refractivity contribution in [2.75, 3.05) is 0 Å². The van der Waals surface area contributed by atoms with Gasteiger partial charge in [-0.3, -0.25) is 16.3 Å². The zero-order valence-corrected chi connectivity index (χ0v) is 11.9. The van der Waals surface area contributed by atoms with Crippen molar-refractivity contribution >= 4 is 0 Å². The average molecular weight is 273 g/mol. The minimum Gasteiger partial charge on any atom is -0.271 e. The molecule has 2 aromatic rings. The lowest BCUT2D eigenvalue weighted by Gasteiger charge is -2.20. The van der Waals surface area contributed by atoms with Gasteiger partial charge in [0.15, 0.2) is 0 Å². The van der Waals surface area contributed by atoms with Crippen LogP contribution in [0.25, 0.3) is 0 Å². The van der Waals surface area contributed by atoms with E-state index in [1.54, 1.807) is 18.5 Å². The normalized spacial score (nSPS) is 12.4. The lowest BCUT2D eigenvalue weighted by Crippen LogP contribution is -2.29. The van der Waals surface area contributed by atoms with Crippen molar-refractivity contribution in [3.8, 4) is 0 Å². The van der Waals surface area contributed by atoms with E-state index in [4.69, 9.17) is 5.84 Å². The number of hydrogen-bond donors (Lipinski definition) is 2. The van der Waals surface area contributed by atoms with Crippen LogP contribution in [0.15, 0.2) is 36.7 Å². The van der Waals surface area contributed by atoms with Gasteiger partial charge in [0.2, 0.25) is 0 Å². The summed E-state index contributed by atoms with van der Waals surface area (Å²) in [4.78, 5) is 3.99. The molecule has 0 bridgehead atoms. The minimum absolute atomic E-state index is 0.191. The third-order valence-corrected chi connectivity index (χ3v) is 3.50. The molecule has 0 aliphatic heterocycles. The first-order valence-electron chi connectivity index (χ1n) is 6.73. The quantitative estimate of drug-likeness (QED) is 0.650. The topological polar surface area (TPSA) is 50.9 Å². The van der Waals surface area contributed by atoms with Crippen molar-refractivity contribution in [3.05, 3.63) is 64.7 Å². The zero-order valence-electron chi connectivity index (χ0n) is 11.9. The molecule has 2 rings (SSSR count). The number of pyridine rings is 1. The zero-order chi connectivity index (χ0) is 14.5. The van der Waals surface area contributed by atoms with E-state index in [-0.39, 0.29) is 11.9 Å². The first kappa shape index (κ1) is 14.6. The van der Waals surface area contributed by atoms with E-state index in [0.717, 1.165) is 24.0 Å². The van der Waals surface area contributed by atoms with Crippen LogP contribution in [0.2, 0.25) is 0 Å². The largest absolute Gasteiger partial charge is 0.271 e. The SMILES string of the molecule is Cc1cc(C)c(C(CCc2ccncc2)NN)c(F)c1. The Labute approximate surface area is 119 Å². The van der Waals surface area contributed by atoms with Crippen molar-refractivity contribution in [1.29, 1.82) is 0 Å². The molecule has 0 saturated carbocycles. The summed E-state index contributed by atoms with van der Waals surface area (Å²) in [5.74, 6) is 5.42. The monoisotopic (exact) mass is 273 g/mol. The van der Waals surface area contributed by atoms with Gasteiger partial charge in [0, 0.05) is 24.0 Å². The molecule has 0 aliphatic carbocycles. The summed E-state index contributed by atoms with van der Waals surface area (Å²) in [5.41, 5.74) is 6.42. The molecular weight excluding hydrogens is 253 g/mol. The van der Waals surface area contributed by atoms with E-state index in [2.05, 4.69) is 10.4 Å². The average Bonchev–Trinajstić information content (AvgIpc) is 2.42. The number of aryl methyl sites for hydroxylation is 3. The molecule has 1 atom stereocenters. The van der Waals surface area contributed by atoms with E-state index >= 15 is 0 Å². The van der Waals surface area contributed by atoms with Crippen molar-refractivity contribution in [3.63, 3.8) is 0 Å². The third kappa shape index (κ3) is 3.40. The van der Waals surface area contributed by atoms with E-state index in [9.17, 15) is 4.39 Å². The second-order valence-corrected chi connectivity index (χ2v) is 5.09. The number of benzene rings is 1. The maximum Gasteiger partial charge on any atom is 0.128 e. The molecule has 0 radical (unpaired) electrons. The van der Waals surface area contributed by atoms with Gasteiger partial charge in [-0.25, -0.2) is 4.39 Å². The number of nitrogens with zero attached hydrogens (tertiary/aromatic N) is 1. The van der Waals surface area contributed by atoms with Crippen LogP contribution in [-0.2, 0) is 6.42 Å². The summed E-state index contributed by atoms with van der Waals surface area (Å²) in [6.07, 6.45) is 5.08. The Kier molecular flexibility index (Phi) is 4.82. The summed E-state index contributed by atoms with van der Waals surface area (Å²) in [6, 6.07) is 7.27. The number of nitrogens with two attached hydrogens (primary N) is 1. The van der Waals surface area contributed by atoms with Crippen molar-refractivity contribution in [1.82, 2.24) is 10.4 Å². The molecule has 4 heteroatoms. The molecular formula is C16H20FN3. The summed E-state index contributed by atoms with van der Waals surface area (Å²) >= 11 is 0. The van der Waals surface area contributed by atoms with Crippen LogP contribution in [-0.4, -0.2) is 4.98 Å². The number of hydrogen-bond acceptors (Lipinski definition) is 3. The standard InChI is InChI=1S/C16H20FN3/c1-11-9-12(2)16(14(17)10-11)15(20-18)4-3-13-5-7-19-8-6-13/h5-10,15,20H,3-4,18H2,1-2H3. The van der Waals surface area contributed by atoms with Crippen LogP contribution < -0.4 is 11.3 Å². The van der Waals surface area contributed by atoms with E-state index < -0.39 is 0 Å². The predicted octanol–water partition coefficient (Wildman–Crippen LogP) is 2.97. The number of aromatic nitrogens is 1. The van der Waals surface area contributed by atoms with Gasteiger partial charge in [-0.15, -0.1) is 0 Å². The van der Waals surface area contributed by atoms with Crippen LogP contribution in [0, 0.1) is 19.7 Å². The molecule has 1 aromatic carbocycles. The van der Waals surface area contributed by atoms with E-state index in [1.165, 1.54) is 5.56 Å². The Hall–Kier alpha value is -1.78. The highest BCUT2D eigenvalue weighted by Gasteiger charge is 2.17. The first-order chi connectivity index (χ1) is 9.61. The fraction of sp³-hybridized carbons (Fsp3) is 0.312. The summed E-state index contributed by atoms with van der Waals surface area (Å²) < 4.78 is 14.2. The fourth-order valence-corrected chi connectivity index (χ4v) is 2.54. The van der Waals surface area contributed by atoms with Crippen molar-refractivity contribution < 1.29 is 4.39 Å². The Morgan fingerprint density at radius 2 is 1.95 bits per heavy atom. The van der Waals surface area contributed by atoms with Gasteiger partial charge >= 0.3 is 0 Å². The third-order valence-electron chi connectivity index (χ3n) is 3.50. The predicted molar refractivity (Wildman–Crippen MR) is 78.5 cm³/mol. The lowest BCUT2D eigenvalue weighted by molar-refractivity contribution is 0.482. The molecule has 20 heavy (non-hydrogen) atoms. The Balaban J connectivity index is 2.17. The Bertz CT molecular complexity index is 546. The van der Waals surface area contributed by atoms with Gasteiger partial charge < -0.3 is 0 Å². The smallest absolute Gasteiger partial charge is 0.128 e. The van der Waals surface area contributed by atoms with Gasteiger partial charge in [-0.2, -0.15) is 0 Å². The lowest BCUT2D eigenvalue weighted by atomic mass is 9.94. The van der Waals surface area contributed by atoms with Crippen LogP contribution in [0.4, 0.5) is 4.39 Å². The van der Waals surface area contributed by atoms with Crippen LogP contribution in [0.1, 0.15) is 34.7 Å². The van der Waals surface area contributed by atoms with Gasteiger partial charge in [-0.1, -0.05) is 6.07 Å². The highest BCUT2D eigenvalue weighted by Crippen LogP contribution is 2.25. The van der Waals surface area contributed by atoms with Gasteiger partial charge in [-0.05, 0) is 61.6 Å². The molecule has 0 spiro atoms. The van der Waals surface area contributed by atoms with Crippen LogP contribution >= 0.6 is 0 Å². The second kappa shape index (κ2) is 6.59. The fourth-order valence-electron chi connectivity index (χ4n) is 2.54. The van der Waals surface area contributed by atoms with Gasteiger partial charge in [0.25, 0.3) is 0 Å². The summed E-state index contributed by atoms with van der Waals surface area (Å²) in [7, 11) is 0.